The van der Waals surface area contributed by atoms with E-state index in [1.165, 1.54) is 0 Å². The van der Waals surface area contributed by atoms with Crippen LogP contribution in [-0.2, 0) is 39.0 Å². The summed E-state index contributed by atoms with van der Waals surface area (Å²) in [6, 6.07) is 7.38. The van der Waals surface area contributed by atoms with Gasteiger partial charge in [-0.2, -0.15) is 0 Å². The fourth-order valence-electron chi connectivity index (χ4n) is 5.71. The third kappa shape index (κ3) is 10.5. The van der Waals surface area contributed by atoms with Crippen LogP contribution in [0.25, 0.3) is 0 Å². The first-order chi connectivity index (χ1) is 22.2. The molecule has 0 unspecified atom stereocenters. The second-order valence-electron chi connectivity index (χ2n) is 14.6. The highest BCUT2D eigenvalue weighted by Gasteiger charge is 2.41. The lowest BCUT2D eigenvalue weighted by atomic mass is 9.76. The van der Waals surface area contributed by atoms with Gasteiger partial charge in [-0.15, -0.1) is 5.06 Å². The first-order valence-corrected chi connectivity index (χ1v) is 16.6. The number of benzene rings is 1. The van der Waals surface area contributed by atoms with E-state index in [9.17, 15) is 28.8 Å². The lowest BCUT2D eigenvalue weighted by Crippen LogP contribution is -2.61. The minimum atomic E-state index is -0.855. The summed E-state index contributed by atoms with van der Waals surface area (Å²) in [5.74, 6) is -2.86. The summed E-state index contributed by atoms with van der Waals surface area (Å²) in [5.41, 5.74) is 0.166. The Morgan fingerprint density at radius 2 is 1.50 bits per heavy atom. The molecular formula is C36H55N5O7. The van der Waals surface area contributed by atoms with Gasteiger partial charge in [-0.05, 0) is 44.2 Å². The number of hydroxylamine groups is 2. The van der Waals surface area contributed by atoms with Crippen LogP contribution in [0.1, 0.15) is 93.6 Å². The molecule has 0 radical (unpaired) electrons. The number of rotatable bonds is 15. The summed E-state index contributed by atoms with van der Waals surface area (Å²) in [6.07, 6.45) is 1.88. The normalized spacial score (nSPS) is 16.7. The van der Waals surface area contributed by atoms with E-state index in [1.807, 2.05) is 78.8 Å². The number of hydrogen-bond acceptors (Lipinski definition) is 8. The quantitative estimate of drug-likeness (QED) is 0.190. The van der Waals surface area contributed by atoms with Gasteiger partial charge in [0.25, 0.3) is 11.8 Å². The van der Waals surface area contributed by atoms with Crippen molar-refractivity contribution in [2.75, 3.05) is 14.1 Å². The largest absolute Gasteiger partial charge is 0.350 e. The van der Waals surface area contributed by atoms with Gasteiger partial charge in [-0.1, -0.05) is 84.9 Å². The number of nitrogens with zero attached hydrogens (tertiary/aromatic N) is 2. The second-order valence-corrected chi connectivity index (χ2v) is 14.6. The maximum Gasteiger partial charge on any atom is 0.333 e. The first-order valence-electron chi connectivity index (χ1n) is 16.6. The van der Waals surface area contributed by atoms with Crippen molar-refractivity contribution in [2.45, 2.75) is 118 Å². The predicted octanol–water partition coefficient (Wildman–Crippen LogP) is 3.40. The van der Waals surface area contributed by atoms with E-state index in [0.29, 0.717) is 10.6 Å². The molecule has 1 saturated heterocycles. The van der Waals surface area contributed by atoms with E-state index in [-0.39, 0.29) is 49.3 Å². The molecule has 5 amide bonds. The molecule has 1 aromatic carbocycles. The van der Waals surface area contributed by atoms with Crippen molar-refractivity contribution in [3.8, 4) is 0 Å². The molecule has 2 rings (SSSR count). The fourth-order valence-corrected chi connectivity index (χ4v) is 5.71. The zero-order valence-corrected chi connectivity index (χ0v) is 30.4. The molecule has 3 N–H and O–H groups in total. The van der Waals surface area contributed by atoms with Gasteiger partial charge in [0, 0.05) is 43.3 Å². The Bertz CT molecular complexity index is 1350. The SMILES string of the molecule is CN[C@H](C(=O)N[C@H](C(=O)N(C)[C@H](/C=C(\C)C(=O)N[C@H](C)CCC(=O)ON1C(=O)CCC1=O)C(C)C)C(C)(C)C)C(C)(C)c1ccccc1. The highest BCUT2D eigenvalue weighted by Crippen LogP contribution is 2.29. The van der Waals surface area contributed by atoms with Gasteiger partial charge >= 0.3 is 5.97 Å². The van der Waals surface area contributed by atoms with Crippen molar-refractivity contribution < 1.29 is 33.6 Å². The minimum absolute atomic E-state index is 0.0116. The highest BCUT2D eigenvalue weighted by atomic mass is 16.7. The zero-order chi connectivity index (χ0) is 36.6. The Morgan fingerprint density at radius 3 is 2.00 bits per heavy atom. The molecule has 0 spiro atoms. The molecule has 12 heteroatoms. The monoisotopic (exact) mass is 669 g/mol. The molecule has 1 fully saturated rings. The van der Waals surface area contributed by atoms with E-state index < -0.39 is 52.8 Å². The summed E-state index contributed by atoms with van der Waals surface area (Å²) < 4.78 is 0. The topological polar surface area (TPSA) is 154 Å². The molecule has 12 nitrogen and oxygen atoms in total. The Morgan fingerprint density at radius 1 is 0.938 bits per heavy atom. The Kier molecular flexibility index (Phi) is 14.1. The van der Waals surface area contributed by atoms with E-state index in [1.54, 1.807) is 38.9 Å². The molecule has 1 aromatic rings. The highest BCUT2D eigenvalue weighted by molar-refractivity contribution is 6.01. The molecule has 4 atom stereocenters. The van der Waals surface area contributed by atoms with Crippen molar-refractivity contribution in [1.82, 2.24) is 25.9 Å². The van der Waals surface area contributed by atoms with Crippen LogP contribution in [0.2, 0.25) is 0 Å². The standard InChI is InChI=1S/C36H55N5O7/c1-22(2)26(21-23(3)32(45)38-24(4)17-20-29(44)48-41-27(42)18-19-28(41)43)40(11)34(47)31(35(5,6)7)39-33(46)30(37-10)36(8,9)25-15-13-12-14-16-25/h12-16,21-22,24,26,30-31,37H,17-20H2,1-11H3,(H,38,45)(H,39,46)/b23-21+/t24-,26-,30-,31-/m1/s1. The van der Waals surface area contributed by atoms with Crippen molar-refractivity contribution in [2.24, 2.45) is 11.3 Å². The van der Waals surface area contributed by atoms with Crippen molar-refractivity contribution >= 4 is 35.5 Å². The van der Waals surface area contributed by atoms with Crippen LogP contribution in [0.15, 0.2) is 42.0 Å². The van der Waals surface area contributed by atoms with Gasteiger partial charge in [0.15, 0.2) is 0 Å². The second kappa shape index (κ2) is 16.9. The fraction of sp³-hybridized carbons (Fsp3) is 0.611. The Hall–Kier alpha value is -4.06. The van der Waals surface area contributed by atoms with Crippen LogP contribution in [0.5, 0.6) is 0 Å². The maximum absolute atomic E-state index is 14.1. The zero-order valence-electron chi connectivity index (χ0n) is 30.4. The van der Waals surface area contributed by atoms with Gasteiger partial charge in [0.05, 0.1) is 12.1 Å². The van der Waals surface area contributed by atoms with Gasteiger partial charge in [0.2, 0.25) is 17.7 Å². The van der Waals surface area contributed by atoms with Crippen molar-refractivity contribution in [1.29, 1.82) is 0 Å². The van der Waals surface area contributed by atoms with Gasteiger partial charge in [-0.3, -0.25) is 24.0 Å². The number of carbonyl (C=O) groups excluding carboxylic acids is 6. The molecule has 1 aliphatic heterocycles. The van der Waals surface area contributed by atoms with Crippen LogP contribution in [0.4, 0.5) is 0 Å². The number of amides is 5. The van der Waals surface area contributed by atoms with Crippen LogP contribution >= 0.6 is 0 Å². The number of hydrogen-bond donors (Lipinski definition) is 3. The Labute approximate surface area is 285 Å². The van der Waals surface area contributed by atoms with Crippen LogP contribution in [0.3, 0.4) is 0 Å². The Balaban J connectivity index is 2.14. The average molecular weight is 670 g/mol. The van der Waals surface area contributed by atoms with Crippen LogP contribution in [0, 0.1) is 11.3 Å². The number of carbonyl (C=O) groups is 6. The molecule has 0 saturated carbocycles. The van der Waals surface area contributed by atoms with E-state index >= 15 is 0 Å². The summed E-state index contributed by atoms with van der Waals surface area (Å²) in [7, 11) is 3.40. The van der Waals surface area contributed by atoms with E-state index in [2.05, 4.69) is 16.0 Å². The number of likely N-dealkylation sites (N-methyl/N-ethyl adjacent to an activating group) is 2. The average Bonchev–Trinajstić information content (AvgIpc) is 3.32. The lowest BCUT2D eigenvalue weighted by Gasteiger charge is -2.40. The van der Waals surface area contributed by atoms with E-state index in [4.69, 9.17) is 4.84 Å². The summed E-state index contributed by atoms with van der Waals surface area (Å²) in [4.78, 5) is 83.0. The molecule has 0 bridgehead atoms. The van der Waals surface area contributed by atoms with Gasteiger partial charge in [-0.25, -0.2) is 4.79 Å². The van der Waals surface area contributed by atoms with Crippen molar-refractivity contribution in [3.05, 3.63) is 47.5 Å². The molecule has 1 aliphatic rings. The van der Waals surface area contributed by atoms with Crippen LogP contribution < -0.4 is 16.0 Å². The summed E-state index contributed by atoms with van der Waals surface area (Å²) in [6.45, 7) is 17.0. The molecule has 0 aliphatic carbocycles. The number of imide groups is 1. The third-order valence-corrected chi connectivity index (χ3v) is 8.80. The minimum Gasteiger partial charge on any atom is -0.350 e. The van der Waals surface area contributed by atoms with Gasteiger partial charge < -0.3 is 25.7 Å². The summed E-state index contributed by atoms with van der Waals surface area (Å²) >= 11 is 0. The van der Waals surface area contributed by atoms with Crippen molar-refractivity contribution in [3.63, 3.8) is 0 Å². The molecule has 48 heavy (non-hydrogen) atoms. The summed E-state index contributed by atoms with van der Waals surface area (Å²) in [5, 5.41) is 9.54. The number of nitrogens with one attached hydrogen (secondary N) is 3. The maximum atomic E-state index is 14.1. The third-order valence-electron chi connectivity index (χ3n) is 8.80. The van der Waals surface area contributed by atoms with Gasteiger partial charge in [0.1, 0.15) is 6.04 Å². The van der Waals surface area contributed by atoms with Crippen LogP contribution in [-0.4, -0.2) is 83.7 Å². The van der Waals surface area contributed by atoms with E-state index in [0.717, 1.165) is 5.56 Å². The smallest absolute Gasteiger partial charge is 0.333 e. The first kappa shape index (κ1) is 40.1. The molecule has 1 heterocycles. The lowest BCUT2D eigenvalue weighted by molar-refractivity contribution is -0.197. The molecular weight excluding hydrogens is 614 g/mol. The molecule has 0 aromatic heterocycles. The predicted molar refractivity (Wildman–Crippen MR) is 183 cm³/mol. The molecule has 266 valence electrons.